The van der Waals surface area contributed by atoms with Crippen molar-refractivity contribution in [1.82, 2.24) is 9.97 Å². The summed E-state index contributed by atoms with van der Waals surface area (Å²) in [7, 11) is 4.41. The van der Waals surface area contributed by atoms with Gasteiger partial charge in [-0.05, 0) is 30.3 Å². The summed E-state index contributed by atoms with van der Waals surface area (Å²) in [6, 6.07) is 14.2. The lowest BCUT2D eigenvalue weighted by atomic mass is 9.82. The second kappa shape index (κ2) is 6.98. The maximum atomic E-state index is 13.5. The summed E-state index contributed by atoms with van der Waals surface area (Å²) < 4.78 is 16.2. The quantitative estimate of drug-likeness (QED) is 0.478. The normalized spacial score (nSPS) is 12.5. The molecule has 1 N–H and O–H groups in total. The number of aromatic nitrogens is 2. The van der Waals surface area contributed by atoms with Crippen molar-refractivity contribution < 1.29 is 23.8 Å². The van der Waals surface area contributed by atoms with E-state index in [0.717, 1.165) is 11.0 Å². The first-order valence-electron chi connectivity index (χ1n) is 9.58. The standard InChI is InChI=1S/C24H18N2O5/c1-29-13-10-15-21(19(11-13)31-3)23(28)20-14(22(15)27)8-12(9-18(20)30-2)24-25-16-6-4-5-7-17(16)26-24/h4-11H,1-3H3,(H,25,26). The van der Waals surface area contributed by atoms with Crippen molar-refractivity contribution in [2.24, 2.45) is 0 Å². The van der Waals surface area contributed by atoms with Crippen LogP contribution in [0.1, 0.15) is 31.8 Å². The zero-order valence-corrected chi connectivity index (χ0v) is 17.1. The Kier molecular flexibility index (Phi) is 4.25. The highest BCUT2D eigenvalue weighted by molar-refractivity contribution is 6.30. The van der Waals surface area contributed by atoms with Crippen LogP contribution in [0.25, 0.3) is 22.4 Å². The van der Waals surface area contributed by atoms with E-state index in [2.05, 4.69) is 9.97 Å². The fourth-order valence-electron chi connectivity index (χ4n) is 3.97. The van der Waals surface area contributed by atoms with Gasteiger partial charge in [0.05, 0.1) is 43.5 Å². The van der Waals surface area contributed by atoms with Crippen LogP contribution in [0.3, 0.4) is 0 Å². The van der Waals surface area contributed by atoms with Gasteiger partial charge in [-0.1, -0.05) is 12.1 Å². The molecule has 5 rings (SSSR count). The molecule has 0 radical (unpaired) electrons. The third-order valence-corrected chi connectivity index (χ3v) is 5.46. The van der Waals surface area contributed by atoms with Crippen molar-refractivity contribution in [3.63, 3.8) is 0 Å². The number of fused-ring (bicyclic) bond motifs is 3. The van der Waals surface area contributed by atoms with Gasteiger partial charge >= 0.3 is 0 Å². The van der Waals surface area contributed by atoms with Crippen molar-refractivity contribution >= 4 is 22.6 Å². The average Bonchev–Trinajstić information content (AvgIpc) is 3.25. The number of nitrogens with zero attached hydrogens (tertiary/aromatic N) is 1. The molecule has 7 nitrogen and oxygen atoms in total. The van der Waals surface area contributed by atoms with Gasteiger partial charge in [0.15, 0.2) is 5.78 Å². The third kappa shape index (κ3) is 2.78. The smallest absolute Gasteiger partial charge is 0.201 e. The van der Waals surface area contributed by atoms with Crippen LogP contribution in [0.15, 0.2) is 48.5 Å². The molecule has 0 saturated heterocycles. The Morgan fingerprint density at radius 1 is 0.774 bits per heavy atom. The lowest BCUT2D eigenvalue weighted by molar-refractivity contribution is 0.0973. The number of ketones is 2. The molecule has 0 aliphatic heterocycles. The predicted octanol–water partition coefficient (Wildman–Crippen LogP) is 4.03. The molecule has 0 amide bonds. The first kappa shape index (κ1) is 18.9. The topological polar surface area (TPSA) is 90.5 Å². The predicted molar refractivity (Wildman–Crippen MR) is 114 cm³/mol. The lowest BCUT2D eigenvalue weighted by Crippen LogP contribution is -2.23. The van der Waals surface area contributed by atoms with E-state index in [1.165, 1.54) is 21.3 Å². The van der Waals surface area contributed by atoms with Gasteiger partial charge < -0.3 is 19.2 Å². The monoisotopic (exact) mass is 414 g/mol. The van der Waals surface area contributed by atoms with Gasteiger partial charge in [-0.3, -0.25) is 9.59 Å². The molecular weight excluding hydrogens is 396 g/mol. The first-order chi connectivity index (χ1) is 15.0. The number of rotatable bonds is 4. The fourth-order valence-corrected chi connectivity index (χ4v) is 3.97. The molecule has 1 heterocycles. The van der Waals surface area contributed by atoms with E-state index in [1.54, 1.807) is 24.3 Å². The van der Waals surface area contributed by atoms with Gasteiger partial charge in [0, 0.05) is 22.8 Å². The molecule has 154 valence electrons. The van der Waals surface area contributed by atoms with Crippen molar-refractivity contribution in [3.8, 4) is 28.6 Å². The number of hydrogen-bond acceptors (Lipinski definition) is 6. The highest BCUT2D eigenvalue weighted by Gasteiger charge is 2.36. The SMILES string of the molecule is COc1cc(OC)c2c(c1)C(=O)c1cc(-c3nc4ccccc4[nH]3)cc(OC)c1C2=O. The van der Waals surface area contributed by atoms with Crippen LogP contribution < -0.4 is 14.2 Å². The van der Waals surface area contributed by atoms with Gasteiger partial charge in [-0.2, -0.15) is 0 Å². The van der Waals surface area contributed by atoms with E-state index < -0.39 is 0 Å². The zero-order valence-electron chi connectivity index (χ0n) is 17.1. The maximum Gasteiger partial charge on any atom is 0.201 e. The molecule has 1 aliphatic carbocycles. The zero-order chi connectivity index (χ0) is 21.7. The van der Waals surface area contributed by atoms with Crippen LogP contribution in [0.4, 0.5) is 0 Å². The lowest BCUT2D eigenvalue weighted by Gasteiger charge is -2.22. The van der Waals surface area contributed by atoms with E-state index in [4.69, 9.17) is 14.2 Å². The van der Waals surface area contributed by atoms with E-state index in [9.17, 15) is 9.59 Å². The summed E-state index contributed by atoms with van der Waals surface area (Å²) in [5, 5.41) is 0. The van der Waals surface area contributed by atoms with Gasteiger partial charge in [0.2, 0.25) is 5.78 Å². The molecule has 0 fully saturated rings. The van der Waals surface area contributed by atoms with Gasteiger partial charge in [0.1, 0.15) is 23.1 Å². The van der Waals surface area contributed by atoms with E-state index >= 15 is 0 Å². The number of benzene rings is 3. The molecule has 4 aromatic rings. The molecule has 1 aromatic heterocycles. The van der Waals surface area contributed by atoms with Gasteiger partial charge in [-0.15, -0.1) is 0 Å². The molecule has 0 atom stereocenters. The van der Waals surface area contributed by atoms with Crippen LogP contribution >= 0.6 is 0 Å². The number of hydrogen-bond donors (Lipinski definition) is 1. The van der Waals surface area contributed by atoms with E-state index in [0.29, 0.717) is 22.9 Å². The molecule has 0 spiro atoms. The number of carbonyl (C=O) groups excluding carboxylic acids is 2. The number of para-hydroxylation sites is 2. The summed E-state index contributed by atoms with van der Waals surface area (Å²) in [5.74, 6) is 0.948. The number of aromatic amines is 1. The third-order valence-electron chi connectivity index (χ3n) is 5.46. The fraction of sp³-hybridized carbons (Fsp3) is 0.125. The largest absolute Gasteiger partial charge is 0.497 e. The van der Waals surface area contributed by atoms with Crippen molar-refractivity contribution in [2.75, 3.05) is 21.3 Å². The minimum Gasteiger partial charge on any atom is -0.497 e. The molecule has 7 heteroatoms. The summed E-state index contributed by atoms with van der Waals surface area (Å²) >= 11 is 0. The minimum absolute atomic E-state index is 0.204. The number of imidazole rings is 1. The highest BCUT2D eigenvalue weighted by Crippen LogP contribution is 2.41. The Labute approximate surface area is 177 Å². The Morgan fingerprint density at radius 2 is 1.45 bits per heavy atom. The molecule has 31 heavy (non-hydrogen) atoms. The Morgan fingerprint density at radius 3 is 2.13 bits per heavy atom. The number of methoxy groups -OCH3 is 3. The van der Waals surface area contributed by atoms with E-state index in [-0.39, 0.29) is 39.6 Å². The Balaban J connectivity index is 1.74. The highest BCUT2D eigenvalue weighted by atomic mass is 16.5. The average molecular weight is 414 g/mol. The molecular formula is C24H18N2O5. The Hall–Kier alpha value is -4.13. The number of ether oxygens (including phenoxy) is 3. The summed E-state index contributed by atoms with van der Waals surface area (Å²) in [4.78, 5) is 34.7. The molecule has 1 aliphatic rings. The van der Waals surface area contributed by atoms with E-state index in [1.807, 2.05) is 24.3 Å². The van der Waals surface area contributed by atoms with Gasteiger partial charge in [0.25, 0.3) is 0 Å². The number of H-pyrrole nitrogens is 1. The second-order valence-corrected chi connectivity index (χ2v) is 7.11. The number of nitrogens with one attached hydrogen (secondary N) is 1. The Bertz CT molecular complexity index is 1350. The summed E-state index contributed by atoms with van der Waals surface area (Å²) in [6.07, 6.45) is 0. The van der Waals surface area contributed by atoms with Crippen molar-refractivity contribution in [3.05, 3.63) is 70.8 Å². The maximum absolute atomic E-state index is 13.5. The molecule has 3 aromatic carbocycles. The molecule has 0 bridgehead atoms. The van der Waals surface area contributed by atoms with Crippen LogP contribution in [-0.2, 0) is 0 Å². The van der Waals surface area contributed by atoms with Crippen LogP contribution in [0.2, 0.25) is 0 Å². The van der Waals surface area contributed by atoms with Crippen LogP contribution in [-0.4, -0.2) is 42.9 Å². The first-order valence-corrected chi connectivity index (χ1v) is 9.58. The number of carbonyl (C=O) groups is 2. The van der Waals surface area contributed by atoms with Crippen molar-refractivity contribution in [1.29, 1.82) is 0 Å². The van der Waals surface area contributed by atoms with Crippen LogP contribution in [0.5, 0.6) is 17.2 Å². The van der Waals surface area contributed by atoms with Crippen LogP contribution in [0, 0.1) is 0 Å². The molecule has 0 saturated carbocycles. The summed E-state index contributed by atoms with van der Waals surface area (Å²) in [6.45, 7) is 0. The molecule has 0 unspecified atom stereocenters. The summed E-state index contributed by atoms with van der Waals surface area (Å²) in [5.41, 5.74) is 3.22. The van der Waals surface area contributed by atoms with Crippen molar-refractivity contribution in [2.45, 2.75) is 0 Å². The second-order valence-electron chi connectivity index (χ2n) is 7.11. The van der Waals surface area contributed by atoms with Gasteiger partial charge in [-0.25, -0.2) is 4.98 Å². The minimum atomic E-state index is -0.336.